The largest absolute Gasteiger partial charge is 0.203 e. The van der Waals surface area contributed by atoms with Gasteiger partial charge in [0.05, 0.1) is 13.4 Å². The first kappa shape index (κ1) is 24.1. The molecule has 2 rings (SSSR count). The zero-order chi connectivity index (χ0) is 23.1. The number of halogens is 9. The van der Waals surface area contributed by atoms with Crippen LogP contribution in [-0.4, -0.2) is 7.85 Å². The van der Waals surface area contributed by atoms with E-state index in [0.29, 0.717) is 0 Å². The van der Waals surface area contributed by atoms with Gasteiger partial charge in [0.1, 0.15) is 0 Å². The van der Waals surface area contributed by atoms with Crippen LogP contribution in [0.5, 0.6) is 0 Å². The Morgan fingerprint density at radius 3 is 1.40 bits per heavy atom. The van der Waals surface area contributed by atoms with E-state index in [-0.39, 0.29) is 25.2 Å². The van der Waals surface area contributed by atoms with E-state index in [1.165, 1.54) is 0 Å². The van der Waals surface area contributed by atoms with E-state index < -0.39 is 74.4 Å². The maximum Gasteiger partial charge on any atom is 0.200 e. The lowest BCUT2D eigenvalue weighted by molar-refractivity contribution is 0.367. The third kappa shape index (κ3) is 3.80. The Morgan fingerprint density at radius 2 is 1.00 bits per heavy atom. The van der Waals surface area contributed by atoms with Crippen LogP contribution in [0.3, 0.4) is 0 Å². The summed E-state index contributed by atoms with van der Waals surface area (Å²) in [4.78, 5) is 0. The molecule has 1 atom stereocenters. The van der Waals surface area contributed by atoms with Crippen LogP contribution in [0.25, 0.3) is 11.1 Å². The van der Waals surface area contributed by atoms with Crippen molar-refractivity contribution in [2.24, 2.45) is 5.92 Å². The fraction of sp³-hybridized carbons (Fsp3) is 0.400. The normalized spacial score (nSPS) is 13.8. The molecule has 2 aromatic carbocycles. The summed E-state index contributed by atoms with van der Waals surface area (Å²) >= 11 is 0. The van der Waals surface area contributed by atoms with Gasteiger partial charge in [0.2, 0.25) is 5.82 Å². The highest BCUT2D eigenvalue weighted by Gasteiger charge is 2.40. The Morgan fingerprint density at radius 1 is 0.633 bits per heavy atom. The van der Waals surface area contributed by atoms with Crippen molar-refractivity contribution in [3.63, 3.8) is 0 Å². The molecule has 0 aliphatic carbocycles. The van der Waals surface area contributed by atoms with Crippen molar-refractivity contribution in [1.29, 1.82) is 0 Å². The molecule has 0 saturated heterocycles. The van der Waals surface area contributed by atoms with Crippen LogP contribution in [0.4, 0.5) is 39.5 Å². The van der Waals surface area contributed by atoms with Crippen molar-refractivity contribution >= 4 is 7.85 Å². The van der Waals surface area contributed by atoms with E-state index in [1.54, 1.807) is 20.8 Å². The van der Waals surface area contributed by atoms with Gasteiger partial charge < -0.3 is 0 Å². The summed E-state index contributed by atoms with van der Waals surface area (Å²) in [5.41, 5.74) is -4.76. The number of hydrogen-bond acceptors (Lipinski definition) is 0. The smallest absolute Gasteiger partial charge is 0.200 e. The van der Waals surface area contributed by atoms with Gasteiger partial charge in [0.25, 0.3) is 0 Å². The van der Waals surface area contributed by atoms with E-state index in [4.69, 9.17) is 7.85 Å². The first-order valence-corrected chi connectivity index (χ1v) is 8.97. The average molecular weight is 438 g/mol. The molecule has 0 aromatic heterocycles. The number of rotatable bonds is 6. The van der Waals surface area contributed by atoms with Crippen molar-refractivity contribution in [3.8, 4) is 11.1 Å². The van der Waals surface area contributed by atoms with Crippen LogP contribution >= 0.6 is 0 Å². The van der Waals surface area contributed by atoms with E-state index in [9.17, 15) is 39.5 Å². The first-order chi connectivity index (χ1) is 13.8. The van der Waals surface area contributed by atoms with E-state index >= 15 is 0 Å². The van der Waals surface area contributed by atoms with E-state index in [1.807, 2.05) is 0 Å². The summed E-state index contributed by atoms with van der Waals surface area (Å²) in [6.07, 6.45) is -0.181. The molecule has 0 N–H and O–H groups in total. The lowest BCUT2D eigenvalue weighted by Crippen LogP contribution is -2.32. The van der Waals surface area contributed by atoms with Crippen molar-refractivity contribution in [2.45, 2.75) is 45.3 Å². The van der Waals surface area contributed by atoms with Gasteiger partial charge in [-0.05, 0) is 23.2 Å². The third-order valence-electron chi connectivity index (χ3n) is 4.69. The molecule has 30 heavy (non-hydrogen) atoms. The minimum absolute atomic E-state index is 0.186. The van der Waals surface area contributed by atoms with E-state index in [2.05, 4.69) is 0 Å². The molecule has 0 heterocycles. The highest BCUT2D eigenvalue weighted by molar-refractivity contribution is 6.16. The van der Waals surface area contributed by atoms with Gasteiger partial charge in [-0.1, -0.05) is 33.6 Å². The molecule has 2 aromatic rings. The van der Waals surface area contributed by atoms with Crippen LogP contribution in [-0.2, 0) is 5.31 Å². The lowest BCUT2D eigenvalue weighted by atomic mass is 9.56. The van der Waals surface area contributed by atoms with Gasteiger partial charge in [-0.25, -0.2) is 39.5 Å². The van der Waals surface area contributed by atoms with Gasteiger partial charge in [-0.3, -0.25) is 0 Å². The van der Waals surface area contributed by atoms with Gasteiger partial charge in [-0.2, -0.15) is 0 Å². The highest BCUT2D eigenvalue weighted by Crippen LogP contribution is 2.45. The van der Waals surface area contributed by atoms with Crippen molar-refractivity contribution in [2.75, 3.05) is 0 Å². The highest BCUT2D eigenvalue weighted by atomic mass is 19.2. The second kappa shape index (κ2) is 8.55. The van der Waals surface area contributed by atoms with Crippen molar-refractivity contribution in [1.82, 2.24) is 0 Å². The molecule has 162 valence electrons. The van der Waals surface area contributed by atoms with E-state index in [0.717, 1.165) is 0 Å². The predicted molar refractivity (Wildman–Crippen MR) is 93.3 cm³/mol. The topological polar surface area (TPSA) is 0 Å². The monoisotopic (exact) mass is 438 g/mol. The Hall–Kier alpha value is -2.13. The Bertz CT molecular complexity index is 958. The standard InChI is InChI=1S/C20H16BF9/c1-4-5-20(21,6-7(2)3)10-8(11(22)15(26)18(29)14(10)25)9-12(23)16(27)19(30)17(28)13(9)24/h7H,4-6H2,1-3H3. The molecule has 1 unspecified atom stereocenters. The zero-order valence-corrected chi connectivity index (χ0v) is 16.2. The van der Waals surface area contributed by atoms with Crippen LogP contribution in [0.2, 0.25) is 0 Å². The molecule has 0 amide bonds. The quantitative estimate of drug-likeness (QED) is 0.201. The number of benzene rings is 2. The maximum absolute atomic E-state index is 14.8. The van der Waals surface area contributed by atoms with Gasteiger partial charge in [-0.15, -0.1) is 0 Å². The molecule has 10 heteroatoms. The average Bonchev–Trinajstić information content (AvgIpc) is 2.66. The molecule has 0 spiro atoms. The van der Waals surface area contributed by atoms with Crippen LogP contribution < -0.4 is 0 Å². The van der Waals surface area contributed by atoms with Gasteiger partial charge in [0.15, 0.2) is 46.5 Å². The molecule has 0 aliphatic heterocycles. The summed E-state index contributed by atoms with van der Waals surface area (Å²) in [5.74, 6) is -22.0. The summed E-state index contributed by atoms with van der Waals surface area (Å²) in [6.45, 7) is 4.76. The second-order valence-electron chi connectivity index (χ2n) is 7.45. The molecule has 0 bridgehead atoms. The summed E-state index contributed by atoms with van der Waals surface area (Å²) in [7, 11) is 6.16. The van der Waals surface area contributed by atoms with Gasteiger partial charge >= 0.3 is 0 Å². The lowest BCUT2D eigenvalue weighted by Gasteiger charge is -2.35. The van der Waals surface area contributed by atoms with Crippen molar-refractivity contribution in [3.05, 3.63) is 57.9 Å². The fourth-order valence-electron chi connectivity index (χ4n) is 3.66. The zero-order valence-electron chi connectivity index (χ0n) is 16.2. The van der Waals surface area contributed by atoms with Crippen LogP contribution in [0, 0.1) is 58.3 Å². The second-order valence-corrected chi connectivity index (χ2v) is 7.45. The first-order valence-electron chi connectivity index (χ1n) is 8.97. The van der Waals surface area contributed by atoms with Crippen molar-refractivity contribution < 1.29 is 39.5 Å². The Labute approximate surface area is 168 Å². The summed E-state index contributed by atoms with van der Waals surface area (Å²) < 4.78 is 127. The number of hydrogen-bond donors (Lipinski definition) is 0. The van der Waals surface area contributed by atoms with Gasteiger partial charge in [0, 0.05) is 5.56 Å². The molecule has 0 saturated carbocycles. The Kier molecular flexibility index (Phi) is 6.88. The minimum atomic E-state index is -2.55. The molecular weight excluding hydrogens is 422 g/mol. The maximum atomic E-state index is 14.8. The van der Waals surface area contributed by atoms with Crippen LogP contribution in [0.15, 0.2) is 0 Å². The molecule has 2 radical (unpaired) electrons. The third-order valence-corrected chi connectivity index (χ3v) is 4.69. The Balaban J connectivity index is 3.13. The summed E-state index contributed by atoms with van der Waals surface area (Å²) in [6, 6.07) is 0. The SMILES string of the molecule is [B]C(CCC)(CC(C)C)c1c(F)c(F)c(F)c(F)c1-c1c(F)c(F)c(F)c(F)c1F. The molecule has 0 fully saturated rings. The molecular formula is C20H16BF9. The molecule has 0 nitrogen and oxygen atoms in total. The fourth-order valence-corrected chi connectivity index (χ4v) is 3.66. The summed E-state index contributed by atoms with van der Waals surface area (Å²) in [5, 5.41) is -2.00. The predicted octanol–water partition coefficient (Wildman–Crippen LogP) is 6.82. The molecule has 0 aliphatic rings. The van der Waals surface area contributed by atoms with Crippen LogP contribution in [0.1, 0.15) is 45.6 Å². The minimum Gasteiger partial charge on any atom is -0.203 e.